The van der Waals surface area contributed by atoms with Gasteiger partial charge in [0.15, 0.2) is 10.6 Å². The highest BCUT2D eigenvalue weighted by Gasteiger charge is 2.44. The maximum Gasteiger partial charge on any atom is 0.493 e. The second kappa shape index (κ2) is 8.62. The highest BCUT2D eigenvalue weighted by atomic mass is 35.5. The van der Waals surface area contributed by atoms with Gasteiger partial charge in [0.2, 0.25) is 0 Å². The first-order valence-electron chi connectivity index (χ1n) is 8.57. The van der Waals surface area contributed by atoms with Gasteiger partial charge in [-0.2, -0.15) is 18.2 Å². The zero-order valence-corrected chi connectivity index (χ0v) is 17.0. The van der Waals surface area contributed by atoms with Crippen LogP contribution in [0, 0.1) is 4.77 Å². The van der Waals surface area contributed by atoms with Crippen molar-refractivity contribution < 1.29 is 22.8 Å². The van der Waals surface area contributed by atoms with Crippen LogP contribution in [0.25, 0.3) is 0 Å². The van der Waals surface area contributed by atoms with Gasteiger partial charge in [-0.15, -0.1) is 0 Å². The van der Waals surface area contributed by atoms with E-state index in [0.29, 0.717) is 16.8 Å². The number of hydrogen-bond donors (Lipinski definition) is 3. The van der Waals surface area contributed by atoms with Gasteiger partial charge in [-0.05, 0) is 30.8 Å². The third-order valence-corrected chi connectivity index (χ3v) is 4.68. The van der Waals surface area contributed by atoms with Crippen molar-refractivity contribution in [2.45, 2.75) is 32.2 Å². The number of nitrogens with one attached hydrogen (secondary N) is 3. The zero-order chi connectivity index (χ0) is 22.1. The number of alkyl halides is 3. The van der Waals surface area contributed by atoms with E-state index >= 15 is 0 Å². The van der Waals surface area contributed by atoms with E-state index in [4.69, 9.17) is 23.8 Å². The first-order valence-corrected chi connectivity index (χ1v) is 9.36. The Morgan fingerprint density at radius 1 is 1.47 bits per heavy atom. The summed E-state index contributed by atoms with van der Waals surface area (Å²) >= 11 is 10.9. The van der Waals surface area contributed by atoms with Gasteiger partial charge in [-0.25, -0.2) is 9.78 Å². The predicted octanol–water partition coefficient (Wildman–Crippen LogP) is 2.34. The second-order valence-electron chi connectivity index (χ2n) is 6.43. The smallest absolute Gasteiger partial charge is 0.357 e. The van der Waals surface area contributed by atoms with Crippen molar-refractivity contribution in [2.75, 3.05) is 17.0 Å². The number of fused-ring (bicyclic) bond motifs is 1. The van der Waals surface area contributed by atoms with E-state index in [9.17, 15) is 22.8 Å². The van der Waals surface area contributed by atoms with E-state index in [0.717, 1.165) is 5.56 Å². The minimum atomic E-state index is -5.19. The lowest BCUT2D eigenvalue weighted by molar-refractivity contribution is -0.201. The molecule has 2 aromatic rings. The predicted molar refractivity (Wildman–Crippen MR) is 105 cm³/mol. The molecule has 1 aliphatic heterocycles. The van der Waals surface area contributed by atoms with E-state index in [1.54, 1.807) is 18.3 Å². The van der Waals surface area contributed by atoms with Crippen LogP contribution in [0.3, 0.4) is 0 Å². The molecule has 14 heteroatoms. The second-order valence-corrected chi connectivity index (χ2v) is 7.20. The third kappa shape index (κ3) is 4.91. The highest BCUT2D eigenvalue weighted by Crippen LogP contribution is 2.30. The molecule has 0 aliphatic carbocycles. The van der Waals surface area contributed by atoms with Crippen LogP contribution in [-0.4, -0.2) is 39.4 Å². The number of pyridine rings is 1. The van der Waals surface area contributed by atoms with Gasteiger partial charge < -0.3 is 15.5 Å². The maximum absolute atomic E-state index is 12.6. The number of anilines is 2. The van der Waals surface area contributed by atoms with Crippen LogP contribution in [0.5, 0.6) is 0 Å². The summed E-state index contributed by atoms with van der Waals surface area (Å²) in [5, 5.41) is 6.84. The lowest BCUT2D eigenvalue weighted by Crippen LogP contribution is -2.37. The average molecular weight is 465 g/mol. The highest BCUT2D eigenvalue weighted by molar-refractivity contribution is 7.71. The van der Waals surface area contributed by atoms with E-state index in [1.165, 1.54) is 4.57 Å². The molecule has 1 atom stereocenters. The van der Waals surface area contributed by atoms with Gasteiger partial charge in [0.25, 0.3) is 5.56 Å². The van der Waals surface area contributed by atoms with Crippen LogP contribution in [0.1, 0.15) is 12.5 Å². The largest absolute Gasteiger partial charge is 0.493 e. The van der Waals surface area contributed by atoms with E-state index in [-0.39, 0.29) is 35.5 Å². The van der Waals surface area contributed by atoms with Crippen molar-refractivity contribution in [1.29, 1.82) is 0 Å². The molecule has 0 radical (unpaired) electrons. The van der Waals surface area contributed by atoms with Crippen LogP contribution in [0.2, 0.25) is 5.15 Å². The molecule has 9 nitrogen and oxygen atoms in total. The summed E-state index contributed by atoms with van der Waals surface area (Å²) in [5.41, 5.74) is 0.182. The fourth-order valence-electron chi connectivity index (χ4n) is 2.74. The van der Waals surface area contributed by atoms with Crippen molar-refractivity contribution in [3.8, 4) is 0 Å². The Kier molecular flexibility index (Phi) is 6.33. The van der Waals surface area contributed by atoms with Crippen molar-refractivity contribution in [2.24, 2.45) is 0 Å². The fraction of sp³-hybridized carbons (Fsp3) is 0.375. The number of nitrogens with zero attached hydrogens (tertiary/aromatic N) is 3. The number of hydroxylamine groups is 1. The summed E-state index contributed by atoms with van der Waals surface area (Å²) in [6.07, 6.45) is -3.58. The van der Waals surface area contributed by atoms with Crippen LogP contribution >= 0.6 is 23.8 Å². The lowest BCUT2D eigenvalue weighted by Gasteiger charge is -2.23. The topological polar surface area (TPSA) is 104 Å². The molecule has 0 fully saturated rings. The molecule has 162 valence electrons. The molecule has 0 amide bonds. The molecule has 0 saturated heterocycles. The van der Waals surface area contributed by atoms with Crippen LogP contribution in [0.15, 0.2) is 23.1 Å². The van der Waals surface area contributed by atoms with Crippen LogP contribution < -0.4 is 21.3 Å². The quantitative estimate of drug-likeness (QED) is 0.442. The molecule has 1 aliphatic rings. The minimum absolute atomic E-state index is 0.0303. The normalized spacial score (nSPS) is 14.2. The summed E-state index contributed by atoms with van der Waals surface area (Å²) < 4.78 is 39.1. The number of H-pyrrole nitrogens is 1. The van der Waals surface area contributed by atoms with Gasteiger partial charge >= 0.3 is 12.1 Å². The first-order chi connectivity index (χ1) is 14.1. The molecule has 30 heavy (non-hydrogen) atoms. The Morgan fingerprint density at radius 2 is 2.20 bits per heavy atom. The lowest BCUT2D eigenvalue weighted by atomic mass is 10.2. The summed E-state index contributed by atoms with van der Waals surface area (Å²) in [6, 6.07) is 3.20. The van der Waals surface area contributed by atoms with Crippen LogP contribution in [-0.2, 0) is 22.7 Å². The average Bonchev–Trinajstić information content (AvgIpc) is 3.08. The molecule has 3 N–H and O–H groups in total. The molecule has 0 aromatic carbocycles. The number of aromatic amines is 1. The SMILES string of the molecule is CC(Cn1c2c(c(=O)[nH]c1=S)NCN2OC(=O)C(F)(F)F)NCc1ccc(Cl)nc1. The molecule has 0 spiro atoms. The van der Waals surface area contributed by atoms with Gasteiger partial charge in [0.05, 0.1) is 0 Å². The van der Waals surface area contributed by atoms with E-state index < -0.39 is 17.7 Å². The molecule has 3 heterocycles. The number of hydrogen-bond acceptors (Lipinski definition) is 8. The number of carbonyl (C=O) groups excluding carboxylic acids is 1. The molecule has 2 aromatic heterocycles. The molecular formula is C16H16ClF3N6O3S. The first kappa shape index (κ1) is 22.1. The number of carbonyl (C=O) groups is 1. The number of aromatic nitrogens is 3. The number of halogens is 4. The van der Waals surface area contributed by atoms with Gasteiger partial charge in [-0.1, -0.05) is 17.7 Å². The fourth-order valence-corrected chi connectivity index (χ4v) is 3.11. The molecule has 0 bridgehead atoms. The standard InChI is InChI=1S/C16H16ClF3N6O3S/c1-8(21-4-9-2-3-10(17)22-5-9)6-25-13-11(12(27)24-15(25)30)23-7-26(13)29-14(28)16(18,19)20/h2-3,5,8,21,23H,4,6-7H2,1H3,(H,24,27,30). The van der Waals surface area contributed by atoms with Crippen LogP contribution in [0.4, 0.5) is 24.7 Å². The summed E-state index contributed by atoms with van der Waals surface area (Å²) in [6.45, 7) is 2.09. The summed E-state index contributed by atoms with van der Waals surface area (Å²) in [4.78, 5) is 34.2. The zero-order valence-electron chi connectivity index (χ0n) is 15.4. The van der Waals surface area contributed by atoms with Gasteiger partial charge in [0, 0.05) is 25.3 Å². The Labute approximate surface area is 177 Å². The van der Waals surface area contributed by atoms with Gasteiger partial charge in [-0.3, -0.25) is 14.3 Å². The monoisotopic (exact) mass is 464 g/mol. The van der Waals surface area contributed by atoms with Crippen molar-refractivity contribution >= 4 is 41.3 Å². The molecular weight excluding hydrogens is 449 g/mol. The number of rotatable bonds is 6. The van der Waals surface area contributed by atoms with Crippen molar-refractivity contribution in [3.63, 3.8) is 0 Å². The summed E-state index contributed by atoms with van der Waals surface area (Å²) in [7, 11) is 0. The third-order valence-electron chi connectivity index (χ3n) is 4.13. The van der Waals surface area contributed by atoms with Crippen molar-refractivity contribution in [1.82, 2.24) is 19.9 Å². The maximum atomic E-state index is 12.6. The van der Waals surface area contributed by atoms with Crippen molar-refractivity contribution in [3.05, 3.63) is 44.2 Å². The minimum Gasteiger partial charge on any atom is -0.357 e. The Balaban J connectivity index is 1.80. The van der Waals surface area contributed by atoms with E-state index in [2.05, 4.69) is 25.4 Å². The Morgan fingerprint density at radius 3 is 2.83 bits per heavy atom. The Hall–Kier alpha value is -2.64. The van der Waals surface area contributed by atoms with Gasteiger partial charge in [0.1, 0.15) is 17.5 Å². The summed E-state index contributed by atoms with van der Waals surface area (Å²) in [5.74, 6) is -2.47. The van der Waals surface area contributed by atoms with E-state index in [1.807, 2.05) is 6.92 Å². The molecule has 1 unspecified atom stereocenters. The Bertz CT molecular complexity index is 1060. The molecule has 0 saturated carbocycles. The molecule has 3 rings (SSSR count).